The van der Waals surface area contributed by atoms with E-state index in [0.29, 0.717) is 6.54 Å². The maximum atomic E-state index is 13.3. The Labute approximate surface area is 194 Å². The molecule has 1 aliphatic heterocycles. The van der Waals surface area contributed by atoms with Gasteiger partial charge in [0, 0.05) is 51.2 Å². The maximum absolute atomic E-state index is 13.3. The second kappa shape index (κ2) is 11.8. The minimum absolute atomic E-state index is 0. The van der Waals surface area contributed by atoms with Crippen molar-refractivity contribution in [1.82, 2.24) is 0 Å². The number of benzene rings is 2. The van der Waals surface area contributed by atoms with Crippen LogP contribution in [0, 0.1) is 26.6 Å². The number of carbonyl (C=O) groups is 1. The molecule has 0 bridgehead atoms. The first-order valence-corrected chi connectivity index (χ1v) is 9.78. The van der Waals surface area contributed by atoms with E-state index in [1.165, 1.54) is 30.5 Å². The van der Waals surface area contributed by atoms with Crippen LogP contribution in [0.25, 0.3) is 0 Å². The molecule has 0 saturated carbocycles. The number of carbonyl (C=O) groups excluding carboxylic acids is 1. The molecule has 0 aromatic heterocycles. The third-order valence-electron chi connectivity index (χ3n) is 5.37. The fourth-order valence-electron chi connectivity index (χ4n) is 3.72. The van der Waals surface area contributed by atoms with Gasteiger partial charge in [-0.3, -0.25) is 4.79 Å². The molecule has 0 spiro atoms. The smallest absolute Gasteiger partial charge is 0.279 e. The Morgan fingerprint density at radius 3 is 2.00 bits per heavy atom. The second-order valence-electron chi connectivity index (χ2n) is 7.59. The van der Waals surface area contributed by atoms with Gasteiger partial charge in [0.1, 0.15) is 5.82 Å². The molecule has 0 aliphatic carbocycles. The Morgan fingerprint density at radius 1 is 1.04 bits per heavy atom. The van der Waals surface area contributed by atoms with Gasteiger partial charge in [0.05, 0.1) is 19.6 Å². The molecule has 5 heteroatoms. The molecule has 1 radical (unpaired) electrons. The van der Waals surface area contributed by atoms with Gasteiger partial charge in [-0.15, -0.1) is 0 Å². The fourth-order valence-corrected chi connectivity index (χ4v) is 3.72. The number of likely N-dealkylation sites (tertiary alicyclic amines) is 1. The molecule has 0 unspecified atom stereocenters. The number of nitrogens with zero attached hydrogens (tertiary/aromatic N) is 1. The van der Waals surface area contributed by atoms with E-state index in [1.54, 1.807) is 0 Å². The van der Waals surface area contributed by atoms with Gasteiger partial charge in [-0.1, -0.05) is 35.9 Å². The van der Waals surface area contributed by atoms with Gasteiger partial charge >= 0.3 is 0 Å². The molecule has 1 heterocycles. The summed E-state index contributed by atoms with van der Waals surface area (Å²) in [7, 11) is 0. The first-order valence-electron chi connectivity index (χ1n) is 9.78. The third-order valence-corrected chi connectivity index (χ3v) is 5.37. The molecule has 3 nitrogen and oxygen atoms in total. The van der Waals surface area contributed by atoms with Crippen LogP contribution < -0.4 is 5.32 Å². The van der Waals surface area contributed by atoms with E-state index < -0.39 is 0 Å². The molecule has 1 amide bonds. The zero-order chi connectivity index (χ0) is 19.9. The predicted octanol–water partition coefficient (Wildman–Crippen LogP) is 5.00. The molecule has 1 saturated heterocycles. The number of aryl methyl sites for hydroxylation is 3. The predicted molar refractivity (Wildman–Crippen MR) is 110 cm³/mol. The van der Waals surface area contributed by atoms with E-state index >= 15 is 0 Å². The molecule has 2 aromatic carbocycles. The van der Waals surface area contributed by atoms with Gasteiger partial charge in [-0.2, -0.15) is 0 Å². The first-order chi connectivity index (χ1) is 12.8. The van der Waals surface area contributed by atoms with Crippen molar-refractivity contribution in [2.75, 3.05) is 31.5 Å². The minimum atomic E-state index is -0.255. The van der Waals surface area contributed by atoms with Crippen molar-refractivity contribution in [2.24, 2.45) is 0 Å². The zero-order valence-corrected chi connectivity index (χ0v) is 20.4. The summed E-state index contributed by atoms with van der Waals surface area (Å²) in [5, 5.41) is 2.97. The van der Waals surface area contributed by atoms with E-state index in [4.69, 9.17) is 0 Å². The van der Waals surface area contributed by atoms with E-state index in [2.05, 4.69) is 31.3 Å². The van der Waals surface area contributed by atoms with Gasteiger partial charge in [0.25, 0.3) is 5.91 Å². The van der Waals surface area contributed by atoms with E-state index in [-0.39, 0.29) is 44.4 Å². The summed E-state index contributed by atoms with van der Waals surface area (Å²) in [6.07, 6.45) is 2.41. The fraction of sp³-hybridized carbons (Fsp3) is 0.435. The van der Waals surface area contributed by atoms with Crippen LogP contribution in [0.3, 0.4) is 0 Å². The number of rotatable bonds is 4. The number of amides is 1. The van der Waals surface area contributed by atoms with Crippen molar-refractivity contribution in [1.29, 1.82) is 0 Å². The Morgan fingerprint density at radius 2 is 1.57 bits per heavy atom. The van der Waals surface area contributed by atoms with Gasteiger partial charge in [0.2, 0.25) is 0 Å². The van der Waals surface area contributed by atoms with Gasteiger partial charge in [0.15, 0.2) is 6.54 Å². The third kappa shape index (κ3) is 7.38. The van der Waals surface area contributed by atoms with Crippen molar-refractivity contribution in [3.8, 4) is 0 Å². The van der Waals surface area contributed by atoms with Crippen LogP contribution >= 0.6 is 0 Å². The molecule has 1 N–H and O–H groups in total. The molecular weight excluding hydrogens is 428 g/mol. The summed E-state index contributed by atoms with van der Waals surface area (Å²) in [6, 6.07) is 13.2. The Balaban J connectivity index is 0.000000414. The van der Waals surface area contributed by atoms with Crippen LogP contribution in [0.5, 0.6) is 0 Å². The van der Waals surface area contributed by atoms with Crippen LogP contribution in [0.4, 0.5) is 10.1 Å². The molecule has 2 aromatic rings. The van der Waals surface area contributed by atoms with Crippen molar-refractivity contribution in [2.45, 2.75) is 40.5 Å². The molecule has 0 atom stereocenters. The van der Waals surface area contributed by atoms with Crippen LogP contribution in [-0.4, -0.2) is 36.6 Å². The van der Waals surface area contributed by atoms with Gasteiger partial charge in [-0.05, 0) is 51.0 Å². The number of nitrogens with one attached hydrogen (secondary N) is 1. The first kappa shape index (κ1) is 24.9. The average Bonchev–Trinajstić information content (AvgIpc) is 3.08. The van der Waals surface area contributed by atoms with Crippen molar-refractivity contribution in [3.63, 3.8) is 0 Å². The van der Waals surface area contributed by atoms with Crippen LogP contribution in [-0.2, 0) is 37.5 Å². The quantitative estimate of drug-likeness (QED) is 0.639. The Kier molecular flexibility index (Phi) is 10.5. The molecule has 149 valence electrons. The average molecular weight is 460 g/mol. The monoisotopic (exact) mass is 460 g/mol. The maximum Gasteiger partial charge on any atom is 0.279 e. The zero-order valence-electron chi connectivity index (χ0n) is 17.6. The normalized spacial score (nSPS) is 14.5. The molecule has 1 fully saturated rings. The standard InChI is InChI=1S/C16H23FN2O.C7H8.Y/c1-4-19(7-5-6-8-19)11-15(20)18-16-12(2)9-14(17)10-13(16)3;1-7-5-3-2-4-6-7;/h9-10H,4-8,11H2,1-3H3;2-6H,1H3;/p+1. The van der Waals surface area contributed by atoms with E-state index in [0.717, 1.165) is 40.9 Å². The number of likely N-dealkylation sites (N-methyl/N-ethyl adjacent to an activating group) is 1. The minimum Gasteiger partial charge on any atom is -0.321 e. The van der Waals surface area contributed by atoms with Crippen molar-refractivity contribution >= 4 is 11.6 Å². The van der Waals surface area contributed by atoms with Gasteiger partial charge in [-0.25, -0.2) is 4.39 Å². The van der Waals surface area contributed by atoms with Crippen LogP contribution in [0.15, 0.2) is 42.5 Å². The Bertz CT molecular complexity index is 735. The summed E-state index contributed by atoms with van der Waals surface area (Å²) < 4.78 is 14.2. The number of anilines is 1. The summed E-state index contributed by atoms with van der Waals surface area (Å²) >= 11 is 0. The van der Waals surface area contributed by atoms with Crippen molar-refractivity contribution in [3.05, 3.63) is 65.0 Å². The number of quaternary nitrogens is 1. The number of hydrogen-bond acceptors (Lipinski definition) is 1. The van der Waals surface area contributed by atoms with E-state index in [9.17, 15) is 9.18 Å². The number of hydrogen-bond donors (Lipinski definition) is 1. The molecular formula is C23H32FN2OY+. The molecule has 3 rings (SSSR count). The molecule has 28 heavy (non-hydrogen) atoms. The summed E-state index contributed by atoms with van der Waals surface area (Å²) in [4.78, 5) is 12.3. The topological polar surface area (TPSA) is 29.1 Å². The second-order valence-corrected chi connectivity index (χ2v) is 7.59. The molecule has 1 aliphatic rings. The summed E-state index contributed by atoms with van der Waals surface area (Å²) in [5.74, 6) is -0.221. The van der Waals surface area contributed by atoms with Crippen LogP contribution in [0.1, 0.15) is 36.5 Å². The largest absolute Gasteiger partial charge is 0.321 e. The van der Waals surface area contributed by atoms with Gasteiger partial charge < -0.3 is 9.80 Å². The van der Waals surface area contributed by atoms with Crippen molar-refractivity contribution < 1.29 is 46.4 Å². The van der Waals surface area contributed by atoms with E-state index in [1.807, 2.05) is 32.0 Å². The summed E-state index contributed by atoms with van der Waals surface area (Å²) in [5.41, 5.74) is 3.63. The SMILES string of the molecule is CC[N+]1(CC(=O)Nc2c(C)cc(F)cc2C)CCCC1.Cc1ccccc1.[Y]. The summed E-state index contributed by atoms with van der Waals surface area (Å²) in [6.45, 7) is 11.6. The van der Waals surface area contributed by atoms with Crippen LogP contribution in [0.2, 0.25) is 0 Å². The Hall–Kier alpha value is -1.10. The number of halogens is 1.